The van der Waals surface area contributed by atoms with E-state index in [1.54, 1.807) is 0 Å². The molecule has 0 unspecified atom stereocenters. The second-order valence-electron chi connectivity index (χ2n) is 6.40. The Morgan fingerprint density at radius 3 is 1.71 bits per heavy atom. The first-order valence-electron chi connectivity index (χ1n) is 8.74. The first-order chi connectivity index (χ1) is 11.8. The Balaban J connectivity index is 2.31. The minimum Gasteiger partial charge on any atom is -0.0920 e. The Morgan fingerprint density at radius 1 is 0.708 bits per heavy atom. The zero-order chi connectivity index (χ0) is 16.8. The lowest BCUT2D eigenvalue weighted by atomic mass is 9.61. The molecule has 0 spiro atoms. The molecule has 0 N–H and O–H groups in total. The zero-order valence-corrected chi connectivity index (χ0v) is 14.6. The van der Waals surface area contributed by atoms with Gasteiger partial charge >= 0.3 is 0 Å². The van der Waals surface area contributed by atoms with Crippen LogP contribution in [0.15, 0.2) is 84.9 Å². The Labute approximate surface area is 146 Å². The normalized spacial score (nSPS) is 11.2. The van der Waals surface area contributed by atoms with Gasteiger partial charge in [0, 0.05) is 5.41 Å². The highest BCUT2D eigenvalue weighted by molar-refractivity contribution is 6.33. The second kappa shape index (κ2) is 7.53. The summed E-state index contributed by atoms with van der Waals surface area (Å²) in [5.41, 5.74) is 5.38. The van der Waals surface area contributed by atoms with Crippen molar-refractivity contribution in [3.63, 3.8) is 0 Å². The molecule has 0 amide bonds. The lowest BCUT2D eigenvalue weighted by Crippen LogP contribution is -2.30. The van der Waals surface area contributed by atoms with Gasteiger partial charge < -0.3 is 0 Å². The van der Waals surface area contributed by atoms with Gasteiger partial charge in [0.25, 0.3) is 0 Å². The molecule has 0 heterocycles. The van der Waals surface area contributed by atoms with E-state index in [0.29, 0.717) is 0 Å². The van der Waals surface area contributed by atoms with Gasteiger partial charge in [-0.25, -0.2) is 0 Å². The summed E-state index contributed by atoms with van der Waals surface area (Å²) in [5.74, 6) is 0. The van der Waals surface area contributed by atoms with Crippen molar-refractivity contribution < 1.29 is 0 Å². The Hall–Kier alpha value is -2.28. The molecule has 1 heteroatoms. The molecule has 0 aliphatic rings. The van der Waals surface area contributed by atoms with Crippen LogP contribution in [-0.4, -0.2) is 7.28 Å². The van der Waals surface area contributed by atoms with Crippen molar-refractivity contribution >= 4 is 7.28 Å². The highest BCUT2D eigenvalue weighted by atomic mass is 14.4. The van der Waals surface area contributed by atoms with Crippen LogP contribution in [0.2, 0.25) is 13.1 Å². The third kappa shape index (κ3) is 3.04. The largest absolute Gasteiger partial charge is 0.105 e. The maximum Gasteiger partial charge on any atom is 0.105 e. The van der Waals surface area contributed by atoms with Gasteiger partial charge in [0.2, 0.25) is 0 Å². The van der Waals surface area contributed by atoms with Gasteiger partial charge in [-0.05, 0) is 35.6 Å². The number of rotatable bonds is 6. The van der Waals surface area contributed by atoms with Crippen LogP contribution < -0.4 is 0 Å². The number of aryl methyl sites for hydroxylation is 1. The summed E-state index contributed by atoms with van der Waals surface area (Å²) in [7, 11) is 2.28. The summed E-state index contributed by atoms with van der Waals surface area (Å²) < 4.78 is 0. The average Bonchev–Trinajstić information content (AvgIpc) is 2.65. The van der Waals surface area contributed by atoms with Crippen molar-refractivity contribution in [1.29, 1.82) is 0 Å². The van der Waals surface area contributed by atoms with E-state index in [1.807, 2.05) is 0 Å². The first-order valence-corrected chi connectivity index (χ1v) is 8.74. The molecule has 3 aromatic rings. The van der Waals surface area contributed by atoms with Gasteiger partial charge in [0.05, 0.1) is 0 Å². The molecule has 0 saturated carbocycles. The maximum absolute atomic E-state index is 2.30. The van der Waals surface area contributed by atoms with Crippen LogP contribution in [-0.2, 0) is 5.41 Å². The van der Waals surface area contributed by atoms with Gasteiger partial charge in [-0.15, -0.1) is 0 Å². The third-order valence-corrected chi connectivity index (χ3v) is 4.95. The molecular formula is C23H24B. The van der Waals surface area contributed by atoms with Gasteiger partial charge in [-0.1, -0.05) is 98.1 Å². The van der Waals surface area contributed by atoms with Crippen LogP contribution in [0.1, 0.15) is 28.7 Å². The van der Waals surface area contributed by atoms with Gasteiger partial charge in [0.15, 0.2) is 0 Å². The number of hydrogen-bond acceptors (Lipinski definition) is 0. The summed E-state index contributed by atoms with van der Waals surface area (Å²) in [4.78, 5) is 0. The molecular weight excluding hydrogens is 287 g/mol. The van der Waals surface area contributed by atoms with E-state index in [9.17, 15) is 0 Å². The standard InChI is InChI=1S/C23H24B/c1-19-11-9-10-16-22(19)23(17-18-24-2,20-12-5-3-6-13-20)21-14-7-4-8-15-21/h3-16H,17-18H2,1-2H3. The Kier molecular flexibility index (Phi) is 5.20. The highest BCUT2D eigenvalue weighted by Crippen LogP contribution is 2.44. The maximum atomic E-state index is 2.30. The van der Waals surface area contributed by atoms with Crippen molar-refractivity contribution in [3.05, 3.63) is 107 Å². The average molecular weight is 311 g/mol. The molecule has 0 nitrogen and oxygen atoms in total. The monoisotopic (exact) mass is 311 g/mol. The molecule has 0 atom stereocenters. The molecule has 0 aliphatic heterocycles. The molecule has 1 radical (unpaired) electrons. The van der Waals surface area contributed by atoms with Gasteiger partial charge in [-0.3, -0.25) is 0 Å². The third-order valence-electron chi connectivity index (χ3n) is 4.95. The topological polar surface area (TPSA) is 0 Å². The molecule has 0 aromatic heterocycles. The van der Waals surface area contributed by atoms with E-state index >= 15 is 0 Å². The summed E-state index contributed by atoms with van der Waals surface area (Å²) in [6.45, 7) is 4.38. The molecule has 0 saturated heterocycles. The molecule has 0 aliphatic carbocycles. The fourth-order valence-corrected chi connectivity index (χ4v) is 3.76. The van der Waals surface area contributed by atoms with Crippen LogP contribution in [0.3, 0.4) is 0 Å². The smallest absolute Gasteiger partial charge is 0.0920 e. The fourth-order valence-electron chi connectivity index (χ4n) is 3.76. The van der Waals surface area contributed by atoms with E-state index in [4.69, 9.17) is 0 Å². The van der Waals surface area contributed by atoms with Crippen molar-refractivity contribution in [1.82, 2.24) is 0 Å². The summed E-state index contributed by atoms with van der Waals surface area (Å²) in [6, 6.07) is 30.7. The van der Waals surface area contributed by atoms with E-state index in [-0.39, 0.29) is 5.41 Å². The van der Waals surface area contributed by atoms with Crippen molar-refractivity contribution in [3.8, 4) is 0 Å². The molecule has 24 heavy (non-hydrogen) atoms. The summed E-state index contributed by atoms with van der Waals surface area (Å²) >= 11 is 0. The number of hydrogen-bond donors (Lipinski definition) is 0. The van der Waals surface area contributed by atoms with Gasteiger partial charge in [-0.2, -0.15) is 0 Å². The van der Waals surface area contributed by atoms with E-state index in [0.717, 1.165) is 12.7 Å². The van der Waals surface area contributed by atoms with Crippen molar-refractivity contribution in [2.75, 3.05) is 0 Å². The summed E-state index contributed by atoms with van der Waals surface area (Å²) in [6.07, 6.45) is 2.15. The Bertz CT molecular complexity index is 723. The number of benzene rings is 3. The van der Waals surface area contributed by atoms with Crippen molar-refractivity contribution in [2.24, 2.45) is 0 Å². The summed E-state index contributed by atoms with van der Waals surface area (Å²) in [5, 5.41) is 0. The van der Waals surface area contributed by atoms with Gasteiger partial charge in [0.1, 0.15) is 7.28 Å². The van der Waals surface area contributed by atoms with Crippen LogP contribution >= 0.6 is 0 Å². The minimum absolute atomic E-state index is 0.111. The highest BCUT2D eigenvalue weighted by Gasteiger charge is 2.36. The molecule has 0 bridgehead atoms. The lowest BCUT2D eigenvalue weighted by Gasteiger charge is -2.37. The van der Waals surface area contributed by atoms with E-state index in [1.165, 1.54) is 22.3 Å². The molecule has 3 rings (SSSR count). The first kappa shape index (κ1) is 16.6. The van der Waals surface area contributed by atoms with E-state index in [2.05, 4.69) is 106 Å². The predicted molar refractivity (Wildman–Crippen MR) is 105 cm³/mol. The SMILES string of the molecule is C[B]CCC(c1ccccc1)(c1ccccc1)c1ccccc1C. The molecule has 3 aromatic carbocycles. The molecule has 0 fully saturated rings. The Morgan fingerprint density at radius 2 is 1.21 bits per heavy atom. The lowest BCUT2D eigenvalue weighted by molar-refractivity contribution is 0.589. The molecule has 119 valence electrons. The van der Waals surface area contributed by atoms with Crippen LogP contribution in [0.25, 0.3) is 0 Å². The minimum atomic E-state index is -0.111. The van der Waals surface area contributed by atoms with Crippen molar-refractivity contribution in [2.45, 2.75) is 31.9 Å². The second-order valence-corrected chi connectivity index (χ2v) is 6.40. The van der Waals surface area contributed by atoms with E-state index < -0.39 is 0 Å². The van der Waals surface area contributed by atoms with Crippen LogP contribution in [0.5, 0.6) is 0 Å². The zero-order valence-electron chi connectivity index (χ0n) is 14.6. The predicted octanol–water partition coefficient (Wildman–Crippen LogP) is 5.89. The van der Waals surface area contributed by atoms with Crippen LogP contribution in [0, 0.1) is 6.92 Å². The fraction of sp³-hybridized carbons (Fsp3) is 0.217. The quantitative estimate of drug-likeness (QED) is 0.393. The van der Waals surface area contributed by atoms with Crippen LogP contribution in [0.4, 0.5) is 0 Å².